The van der Waals surface area contributed by atoms with Crippen LogP contribution in [0.4, 0.5) is 0 Å². The van der Waals surface area contributed by atoms with Crippen molar-refractivity contribution in [2.24, 2.45) is 23.7 Å². The third kappa shape index (κ3) is 1.45. The number of alkyl halides is 1. The fourth-order valence-corrected chi connectivity index (χ4v) is 4.16. The summed E-state index contributed by atoms with van der Waals surface area (Å²) in [6.45, 7) is 4.91. The Morgan fingerprint density at radius 1 is 0.917 bits per heavy atom. The second-order valence-electron chi connectivity index (χ2n) is 4.93. The van der Waals surface area contributed by atoms with Crippen LogP contribution in [0.25, 0.3) is 0 Å². The van der Waals surface area contributed by atoms with Gasteiger partial charge in [0, 0.05) is 4.83 Å². The van der Waals surface area contributed by atoms with E-state index in [-0.39, 0.29) is 0 Å². The van der Waals surface area contributed by atoms with Crippen molar-refractivity contribution >= 4 is 15.9 Å². The summed E-state index contributed by atoms with van der Waals surface area (Å²) < 4.78 is 0. The fraction of sp³-hybridized carbons (Fsp3) is 1.00. The molecule has 0 N–H and O–H groups in total. The van der Waals surface area contributed by atoms with Gasteiger partial charge in [-0.15, -0.1) is 0 Å². The average Bonchev–Trinajstić information content (AvgIpc) is 2.41. The normalized spacial score (nSPS) is 53.8. The van der Waals surface area contributed by atoms with Gasteiger partial charge in [0.2, 0.25) is 0 Å². The van der Waals surface area contributed by atoms with Crippen molar-refractivity contribution in [3.63, 3.8) is 0 Å². The van der Waals surface area contributed by atoms with E-state index in [1.807, 2.05) is 0 Å². The Labute approximate surface area is 84.2 Å². The quantitative estimate of drug-likeness (QED) is 0.555. The minimum absolute atomic E-state index is 0.829. The SMILES string of the molecule is C[C@H]1CC[C@H](C)C2CC(Br)CC21. The first-order valence-electron chi connectivity index (χ1n) is 5.32. The molecule has 2 aliphatic rings. The van der Waals surface area contributed by atoms with Gasteiger partial charge in [-0.1, -0.05) is 42.6 Å². The summed E-state index contributed by atoms with van der Waals surface area (Å²) in [5.41, 5.74) is 0. The fourth-order valence-electron chi connectivity index (χ4n) is 3.30. The lowest BCUT2D eigenvalue weighted by molar-refractivity contribution is 0.137. The maximum Gasteiger partial charge on any atom is 0.0151 e. The number of rotatable bonds is 0. The van der Waals surface area contributed by atoms with E-state index in [1.54, 1.807) is 0 Å². The van der Waals surface area contributed by atoms with Crippen LogP contribution < -0.4 is 0 Å². The molecule has 0 aromatic rings. The van der Waals surface area contributed by atoms with Gasteiger partial charge in [0.15, 0.2) is 0 Å². The highest BCUT2D eigenvalue weighted by Crippen LogP contribution is 2.49. The van der Waals surface area contributed by atoms with E-state index in [4.69, 9.17) is 0 Å². The molecular weight excluding hydrogens is 212 g/mol. The lowest BCUT2D eigenvalue weighted by Gasteiger charge is -2.36. The van der Waals surface area contributed by atoms with Gasteiger partial charge >= 0.3 is 0 Å². The van der Waals surface area contributed by atoms with E-state index in [0.29, 0.717) is 0 Å². The molecule has 0 saturated heterocycles. The summed E-state index contributed by atoms with van der Waals surface area (Å²) in [7, 11) is 0. The maximum atomic E-state index is 3.78. The van der Waals surface area contributed by atoms with Gasteiger partial charge in [-0.2, -0.15) is 0 Å². The Kier molecular flexibility index (Phi) is 2.51. The summed E-state index contributed by atoms with van der Waals surface area (Å²) in [5, 5.41) is 0. The largest absolute Gasteiger partial charge is 0.0890 e. The molecule has 2 saturated carbocycles. The van der Waals surface area contributed by atoms with Crippen LogP contribution in [0.15, 0.2) is 0 Å². The van der Waals surface area contributed by atoms with E-state index in [2.05, 4.69) is 29.8 Å². The Balaban J connectivity index is 2.09. The Hall–Kier alpha value is 0.480. The van der Waals surface area contributed by atoms with Gasteiger partial charge < -0.3 is 0 Å². The summed E-state index contributed by atoms with van der Waals surface area (Å²) in [6, 6.07) is 0. The zero-order chi connectivity index (χ0) is 8.72. The minimum Gasteiger partial charge on any atom is -0.0890 e. The molecule has 0 aromatic heterocycles. The van der Waals surface area contributed by atoms with Crippen molar-refractivity contribution in [2.75, 3.05) is 0 Å². The Morgan fingerprint density at radius 3 is 1.75 bits per heavy atom. The molecule has 2 rings (SSSR count). The van der Waals surface area contributed by atoms with Crippen LogP contribution in [-0.2, 0) is 0 Å². The standard InChI is InChI=1S/C11H19Br/c1-7-3-4-8(2)11-6-9(12)5-10(7)11/h7-11H,3-6H2,1-2H3/t7-,8-,9?,10?,11?/m0/s1. The van der Waals surface area contributed by atoms with Crippen molar-refractivity contribution in [3.05, 3.63) is 0 Å². The van der Waals surface area contributed by atoms with Gasteiger partial charge in [0.1, 0.15) is 0 Å². The van der Waals surface area contributed by atoms with E-state index in [9.17, 15) is 0 Å². The topological polar surface area (TPSA) is 0 Å². The van der Waals surface area contributed by atoms with Crippen LogP contribution in [0.1, 0.15) is 39.5 Å². The van der Waals surface area contributed by atoms with Crippen molar-refractivity contribution in [3.8, 4) is 0 Å². The van der Waals surface area contributed by atoms with Crippen LogP contribution in [0.5, 0.6) is 0 Å². The molecule has 70 valence electrons. The molecular formula is C11H19Br. The highest BCUT2D eigenvalue weighted by Gasteiger charge is 2.41. The summed E-state index contributed by atoms with van der Waals surface area (Å²) >= 11 is 3.78. The number of hydrogen-bond donors (Lipinski definition) is 0. The second-order valence-corrected chi connectivity index (χ2v) is 6.22. The molecule has 2 aliphatic carbocycles. The summed E-state index contributed by atoms with van der Waals surface area (Å²) in [5.74, 6) is 4.07. The smallest absolute Gasteiger partial charge is 0.0151 e. The molecule has 0 bridgehead atoms. The highest BCUT2D eigenvalue weighted by molar-refractivity contribution is 9.09. The van der Waals surface area contributed by atoms with E-state index < -0.39 is 0 Å². The number of hydrogen-bond acceptors (Lipinski definition) is 0. The van der Waals surface area contributed by atoms with E-state index in [0.717, 1.165) is 28.5 Å². The predicted molar refractivity (Wildman–Crippen MR) is 56.5 cm³/mol. The molecule has 0 aliphatic heterocycles. The van der Waals surface area contributed by atoms with Crippen LogP contribution in [0.3, 0.4) is 0 Å². The molecule has 4 atom stereocenters. The van der Waals surface area contributed by atoms with Gasteiger partial charge in [-0.05, 0) is 36.5 Å². The molecule has 0 radical (unpaired) electrons. The predicted octanol–water partition coefficient (Wildman–Crippen LogP) is 3.84. The average molecular weight is 231 g/mol. The molecule has 1 heteroatoms. The lowest BCUT2D eigenvalue weighted by atomic mass is 9.69. The zero-order valence-corrected chi connectivity index (χ0v) is 9.68. The van der Waals surface area contributed by atoms with Gasteiger partial charge in [0.05, 0.1) is 0 Å². The third-order valence-electron chi connectivity index (χ3n) is 4.14. The van der Waals surface area contributed by atoms with Gasteiger partial charge in [-0.3, -0.25) is 0 Å². The number of fused-ring (bicyclic) bond motifs is 1. The van der Waals surface area contributed by atoms with Gasteiger partial charge in [-0.25, -0.2) is 0 Å². The van der Waals surface area contributed by atoms with Crippen molar-refractivity contribution in [1.29, 1.82) is 0 Å². The van der Waals surface area contributed by atoms with Crippen molar-refractivity contribution in [2.45, 2.75) is 44.4 Å². The molecule has 0 heterocycles. The Morgan fingerprint density at radius 2 is 1.33 bits per heavy atom. The van der Waals surface area contributed by atoms with Crippen LogP contribution >= 0.6 is 15.9 Å². The van der Waals surface area contributed by atoms with Crippen LogP contribution in [-0.4, -0.2) is 4.83 Å². The number of halogens is 1. The first kappa shape index (κ1) is 9.05. The van der Waals surface area contributed by atoms with E-state index >= 15 is 0 Å². The monoisotopic (exact) mass is 230 g/mol. The first-order valence-corrected chi connectivity index (χ1v) is 6.24. The first-order chi connectivity index (χ1) is 5.68. The Bertz CT molecular complexity index is 148. The molecule has 0 amide bonds. The van der Waals surface area contributed by atoms with Crippen molar-refractivity contribution in [1.82, 2.24) is 0 Å². The second kappa shape index (κ2) is 3.32. The molecule has 0 aromatic carbocycles. The van der Waals surface area contributed by atoms with Crippen LogP contribution in [0, 0.1) is 23.7 Å². The molecule has 0 spiro atoms. The van der Waals surface area contributed by atoms with E-state index in [1.165, 1.54) is 25.7 Å². The molecule has 0 nitrogen and oxygen atoms in total. The maximum absolute atomic E-state index is 3.78. The third-order valence-corrected chi connectivity index (χ3v) is 4.89. The van der Waals surface area contributed by atoms with Crippen LogP contribution in [0.2, 0.25) is 0 Å². The summed E-state index contributed by atoms with van der Waals surface area (Å²) in [4.78, 5) is 0.829. The molecule has 2 fully saturated rings. The van der Waals surface area contributed by atoms with Crippen molar-refractivity contribution < 1.29 is 0 Å². The molecule has 12 heavy (non-hydrogen) atoms. The highest BCUT2D eigenvalue weighted by atomic mass is 79.9. The minimum atomic E-state index is 0.829. The molecule has 2 unspecified atom stereocenters. The van der Waals surface area contributed by atoms with Gasteiger partial charge in [0.25, 0.3) is 0 Å². The zero-order valence-electron chi connectivity index (χ0n) is 8.09. The summed E-state index contributed by atoms with van der Waals surface area (Å²) in [6.07, 6.45) is 5.83. The lowest BCUT2D eigenvalue weighted by Crippen LogP contribution is -2.27.